The molecule has 0 aliphatic rings. The van der Waals surface area contributed by atoms with Crippen molar-refractivity contribution in [3.05, 3.63) is 30.1 Å². The fourth-order valence-electron chi connectivity index (χ4n) is 3.52. The molecule has 0 saturated heterocycles. The maximum atomic E-state index is 2.36. The predicted octanol–water partition coefficient (Wildman–Crippen LogP) is 7.41. The van der Waals surface area contributed by atoms with Crippen molar-refractivity contribution in [3.8, 4) is 0 Å². The molecular weight excluding hydrogens is 302 g/mol. The van der Waals surface area contributed by atoms with E-state index in [-0.39, 0.29) is 0 Å². The van der Waals surface area contributed by atoms with Crippen molar-refractivity contribution in [2.45, 2.75) is 123 Å². The van der Waals surface area contributed by atoms with Crippen molar-refractivity contribution < 1.29 is 4.57 Å². The molecule has 0 saturated carbocycles. The van der Waals surface area contributed by atoms with E-state index < -0.39 is 0 Å². The van der Waals surface area contributed by atoms with Gasteiger partial charge in [-0.05, 0) is 24.8 Å². The lowest BCUT2D eigenvalue weighted by atomic mass is 10.0. The largest absolute Gasteiger partial charge is 0.205 e. The average molecular weight is 347 g/mol. The molecule has 0 fully saturated rings. The Labute approximate surface area is 158 Å². The SMILES string of the molecule is CCCCCCCCCCCCc1cc[n+](CCCCCCC)cc1. The lowest BCUT2D eigenvalue weighted by molar-refractivity contribution is -0.697. The van der Waals surface area contributed by atoms with Crippen LogP contribution in [0, 0.1) is 0 Å². The van der Waals surface area contributed by atoms with Crippen molar-refractivity contribution in [2.24, 2.45) is 0 Å². The third-order valence-electron chi connectivity index (χ3n) is 5.30. The third kappa shape index (κ3) is 13.1. The monoisotopic (exact) mass is 346 g/mol. The van der Waals surface area contributed by atoms with Crippen molar-refractivity contribution in [3.63, 3.8) is 0 Å². The normalized spacial score (nSPS) is 11.1. The van der Waals surface area contributed by atoms with Gasteiger partial charge in [0.25, 0.3) is 0 Å². The Morgan fingerprint density at radius 2 is 1.00 bits per heavy atom. The second kappa shape index (κ2) is 16.6. The smallest absolute Gasteiger partial charge is 0.169 e. The minimum Gasteiger partial charge on any atom is -0.205 e. The Morgan fingerprint density at radius 3 is 1.52 bits per heavy atom. The van der Waals surface area contributed by atoms with Crippen LogP contribution in [0.25, 0.3) is 0 Å². The summed E-state index contributed by atoms with van der Waals surface area (Å²) in [5, 5.41) is 0. The number of pyridine rings is 1. The Balaban J connectivity index is 1.97. The summed E-state index contributed by atoms with van der Waals surface area (Å²) in [5.74, 6) is 0. The van der Waals surface area contributed by atoms with Gasteiger partial charge in [-0.3, -0.25) is 0 Å². The second-order valence-electron chi connectivity index (χ2n) is 7.79. The molecule has 0 amide bonds. The molecule has 1 heterocycles. The summed E-state index contributed by atoms with van der Waals surface area (Å²) >= 11 is 0. The third-order valence-corrected chi connectivity index (χ3v) is 5.30. The Bertz CT molecular complexity index is 382. The molecule has 144 valence electrons. The molecule has 0 N–H and O–H groups in total. The summed E-state index contributed by atoms with van der Waals surface area (Å²) in [7, 11) is 0. The van der Waals surface area contributed by atoms with E-state index in [0.29, 0.717) is 0 Å². The van der Waals surface area contributed by atoms with Crippen LogP contribution < -0.4 is 4.57 Å². The van der Waals surface area contributed by atoms with Crippen molar-refractivity contribution >= 4 is 0 Å². The predicted molar refractivity (Wildman–Crippen MR) is 111 cm³/mol. The zero-order valence-corrected chi connectivity index (χ0v) is 17.3. The molecular formula is C24H44N+. The van der Waals surface area contributed by atoms with Crippen LogP contribution in [0.5, 0.6) is 0 Å². The molecule has 1 aromatic rings. The Hall–Kier alpha value is -0.850. The Morgan fingerprint density at radius 1 is 0.560 bits per heavy atom. The molecule has 1 rings (SSSR count). The van der Waals surface area contributed by atoms with Crippen molar-refractivity contribution in [2.75, 3.05) is 0 Å². The maximum Gasteiger partial charge on any atom is 0.169 e. The quantitative estimate of drug-likeness (QED) is 0.204. The first-order valence-electron chi connectivity index (χ1n) is 11.3. The van der Waals surface area contributed by atoms with Crippen molar-refractivity contribution in [1.82, 2.24) is 0 Å². The topological polar surface area (TPSA) is 3.88 Å². The molecule has 0 aliphatic heterocycles. The van der Waals surface area contributed by atoms with Crippen LogP contribution in [0.15, 0.2) is 24.5 Å². The van der Waals surface area contributed by atoms with E-state index in [0.717, 1.165) is 0 Å². The molecule has 0 radical (unpaired) electrons. The highest BCUT2D eigenvalue weighted by atomic mass is 14.9. The molecule has 1 heteroatoms. The summed E-state index contributed by atoms with van der Waals surface area (Å²) in [6, 6.07) is 4.67. The van der Waals surface area contributed by atoms with E-state index >= 15 is 0 Å². The molecule has 0 atom stereocenters. The van der Waals surface area contributed by atoms with Crippen molar-refractivity contribution in [1.29, 1.82) is 0 Å². The number of rotatable bonds is 17. The molecule has 1 nitrogen and oxygen atoms in total. The van der Waals surface area contributed by atoms with Gasteiger partial charge in [0, 0.05) is 18.6 Å². The summed E-state index contributed by atoms with van der Waals surface area (Å²) in [5.41, 5.74) is 1.52. The zero-order chi connectivity index (χ0) is 18.0. The lowest BCUT2D eigenvalue weighted by Gasteiger charge is -2.03. The van der Waals surface area contributed by atoms with E-state index in [1.54, 1.807) is 0 Å². The van der Waals surface area contributed by atoms with Gasteiger partial charge in [0.1, 0.15) is 6.54 Å². The highest BCUT2D eigenvalue weighted by Gasteiger charge is 2.01. The summed E-state index contributed by atoms with van der Waals surface area (Å²) in [6.45, 7) is 5.76. The molecule has 0 aliphatic carbocycles. The van der Waals surface area contributed by atoms with E-state index in [2.05, 4.69) is 42.9 Å². The first-order valence-corrected chi connectivity index (χ1v) is 11.3. The molecule has 25 heavy (non-hydrogen) atoms. The van der Waals surface area contributed by atoms with Gasteiger partial charge in [-0.2, -0.15) is 0 Å². The van der Waals surface area contributed by atoms with Crippen LogP contribution in [-0.4, -0.2) is 0 Å². The highest BCUT2D eigenvalue weighted by molar-refractivity contribution is 5.07. The van der Waals surface area contributed by atoms with Crippen LogP contribution in [0.1, 0.15) is 116 Å². The number of unbranched alkanes of at least 4 members (excludes halogenated alkanes) is 13. The number of nitrogens with zero attached hydrogens (tertiary/aromatic N) is 1. The molecule has 0 aromatic carbocycles. The van der Waals surface area contributed by atoms with Gasteiger partial charge in [-0.15, -0.1) is 0 Å². The lowest BCUT2D eigenvalue weighted by Crippen LogP contribution is -2.32. The maximum absolute atomic E-state index is 2.36. The van der Waals surface area contributed by atoms with Gasteiger partial charge in [0.15, 0.2) is 12.4 Å². The summed E-state index contributed by atoms with van der Waals surface area (Å²) in [6.07, 6.45) is 26.9. The molecule has 0 unspecified atom stereocenters. The number of aromatic nitrogens is 1. The average Bonchev–Trinajstić information content (AvgIpc) is 2.64. The minimum absolute atomic E-state index is 1.18. The Kier molecular flexibility index (Phi) is 14.7. The van der Waals surface area contributed by atoms with E-state index in [9.17, 15) is 0 Å². The van der Waals surface area contributed by atoms with Gasteiger partial charge < -0.3 is 0 Å². The number of hydrogen-bond donors (Lipinski definition) is 0. The van der Waals surface area contributed by atoms with E-state index in [4.69, 9.17) is 0 Å². The van der Waals surface area contributed by atoms with Gasteiger partial charge in [0.2, 0.25) is 0 Å². The van der Waals surface area contributed by atoms with Crippen LogP contribution in [0.3, 0.4) is 0 Å². The second-order valence-corrected chi connectivity index (χ2v) is 7.79. The molecule has 1 aromatic heterocycles. The van der Waals surface area contributed by atoms with Crippen LogP contribution in [0.2, 0.25) is 0 Å². The standard InChI is InChI=1S/C24H44N/c1-3-5-7-9-10-11-12-13-14-16-18-24-19-22-25(23-20-24)21-17-15-8-6-4-2/h19-20,22-23H,3-18,21H2,1-2H3/q+1. The summed E-state index contributed by atoms with van der Waals surface area (Å²) < 4.78 is 2.36. The highest BCUT2D eigenvalue weighted by Crippen LogP contribution is 2.12. The fraction of sp³-hybridized carbons (Fsp3) is 0.792. The summed E-state index contributed by atoms with van der Waals surface area (Å²) in [4.78, 5) is 0. The zero-order valence-electron chi connectivity index (χ0n) is 17.3. The number of aryl methyl sites for hydroxylation is 2. The van der Waals surface area contributed by atoms with E-state index in [1.165, 1.54) is 115 Å². The first kappa shape index (κ1) is 22.2. The molecule has 0 bridgehead atoms. The number of hydrogen-bond acceptors (Lipinski definition) is 0. The first-order chi connectivity index (χ1) is 12.4. The van der Waals surface area contributed by atoms with Crippen LogP contribution >= 0.6 is 0 Å². The van der Waals surface area contributed by atoms with Gasteiger partial charge in [-0.1, -0.05) is 90.9 Å². The molecule has 0 spiro atoms. The van der Waals surface area contributed by atoms with Gasteiger partial charge in [-0.25, -0.2) is 4.57 Å². The van der Waals surface area contributed by atoms with Gasteiger partial charge >= 0.3 is 0 Å². The van der Waals surface area contributed by atoms with Crippen LogP contribution in [-0.2, 0) is 13.0 Å². The minimum atomic E-state index is 1.18. The van der Waals surface area contributed by atoms with Gasteiger partial charge in [0.05, 0.1) is 0 Å². The van der Waals surface area contributed by atoms with Crippen LogP contribution in [0.4, 0.5) is 0 Å². The fourth-order valence-corrected chi connectivity index (χ4v) is 3.52. The van der Waals surface area contributed by atoms with E-state index in [1.807, 2.05) is 0 Å².